The summed E-state index contributed by atoms with van der Waals surface area (Å²) in [6, 6.07) is -0.996. The lowest BCUT2D eigenvalue weighted by Gasteiger charge is -2.42. The van der Waals surface area contributed by atoms with E-state index >= 15 is 0 Å². The molecule has 1 aliphatic heterocycles. The van der Waals surface area contributed by atoms with E-state index < -0.39 is 6.05 Å². The molecule has 1 fully saturated rings. The van der Waals surface area contributed by atoms with Crippen LogP contribution in [-0.2, 0) is 0 Å². The summed E-state index contributed by atoms with van der Waals surface area (Å²) < 4.78 is 25.9. The zero-order valence-corrected chi connectivity index (χ0v) is 7.22. The van der Waals surface area contributed by atoms with Crippen molar-refractivity contribution in [3.05, 3.63) is 24.0 Å². The van der Waals surface area contributed by atoms with E-state index in [1.807, 2.05) is 0 Å². The van der Waals surface area contributed by atoms with Crippen molar-refractivity contribution in [1.82, 2.24) is 4.98 Å². The summed E-state index contributed by atoms with van der Waals surface area (Å²) in [7, 11) is 0. The first kappa shape index (κ1) is 8.41. The van der Waals surface area contributed by atoms with Gasteiger partial charge >= 0.3 is 6.05 Å². The van der Waals surface area contributed by atoms with Crippen molar-refractivity contribution in [3.63, 3.8) is 0 Å². The Morgan fingerprint density at radius 3 is 2.85 bits per heavy atom. The Hall–Kier alpha value is -1.19. The van der Waals surface area contributed by atoms with Crippen LogP contribution >= 0.6 is 0 Å². The van der Waals surface area contributed by atoms with Crippen molar-refractivity contribution in [3.8, 4) is 0 Å². The molecular weight excluding hydrogens is 174 g/mol. The van der Waals surface area contributed by atoms with Crippen molar-refractivity contribution in [2.45, 2.75) is 19.4 Å². The Kier molecular flexibility index (Phi) is 1.71. The molecule has 0 unspecified atom stereocenters. The lowest BCUT2D eigenvalue weighted by Crippen LogP contribution is -2.54. The van der Waals surface area contributed by atoms with Crippen molar-refractivity contribution >= 4 is 5.69 Å². The van der Waals surface area contributed by atoms with Gasteiger partial charge in [-0.2, -0.15) is 8.78 Å². The molecule has 0 bridgehead atoms. The zero-order chi connectivity index (χ0) is 9.47. The average molecular weight is 183 g/mol. The molecule has 0 spiro atoms. The number of nitrogens with zero attached hydrogens (tertiary/aromatic N) is 2. The molecule has 1 aliphatic rings. The second kappa shape index (κ2) is 2.65. The maximum absolute atomic E-state index is 12.9. The molecule has 0 amide bonds. The molecule has 1 saturated heterocycles. The predicted molar refractivity (Wildman–Crippen MR) is 44.7 cm³/mol. The fourth-order valence-electron chi connectivity index (χ4n) is 1.36. The molecule has 13 heavy (non-hydrogen) atoms. The number of pyridine rings is 1. The van der Waals surface area contributed by atoms with E-state index in [9.17, 15) is 8.78 Å². The molecule has 1 aromatic rings. The largest absolute Gasteiger partial charge is 0.327 e. The van der Waals surface area contributed by atoms with E-state index in [0.29, 0.717) is 12.2 Å². The van der Waals surface area contributed by atoms with Gasteiger partial charge in [0.05, 0.1) is 5.69 Å². The maximum Gasteiger partial charge on any atom is 0.327 e. The van der Waals surface area contributed by atoms with Crippen LogP contribution in [0.4, 0.5) is 14.5 Å². The molecule has 2 nitrogen and oxygen atoms in total. The van der Waals surface area contributed by atoms with Crippen LogP contribution in [0, 0.1) is 13.1 Å². The monoisotopic (exact) mass is 183 g/mol. The van der Waals surface area contributed by atoms with Crippen LogP contribution in [0.3, 0.4) is 0 Å². The van der Waals surface area contributed by atoms with E-state index in [2.05, 4.69) is 11.2 Å². The minimum absolute atomic E-state index is 0.0742. The highest BCUT2D eigenvalue weighted by Crippen LogP contribution is 2.38. The minimum Gasteiger partial charge on any atom is -0.311 e. The van der Waals surface area contributed by atoms with Gasteiger partial charge in [0.2, 0.25) is 0 Å². The van der Waals surface area contributed by atoms with Gasteiger partial charge in [0.1, 0.15) is 6.20 Å². The lowest BCUT2D eigenvalue weighted by atomic mass is 10.1. The SMILES string of the molecule is Cc1ccn[c]c1N1CCC1(F)F. The highest BCUT2D eigenvalue weighted by atomic mass is 19.3. The second-order valence-corrected chi connectivity index (χ2v) is 3.16. The fourth-order valence-corrected chi connectivity index (χ4v) is 1.36. The third kappa shape index (κ3) is 1.26. The second-order valence-electron chi connectivity index (χ2n) is 3.16. The highest BCUT2D eigenvalue weighted by Gasteiger charge is 2.46. The van der Waals surface area contributed by atoms with Gasteiger partial charge in [-0.3, -0.25) is 4.98 Å². The third-order valence-electron chi connectivity index (χ3n) is 2.24. The summed E-state index contributed by atoms with van der Waals surface area (Å²) in [5.74, 6) is 0. The van der Waals surface area contributed by atoms with Crippen LogP contribution in [0.25, 0.3) is 0 Å². The van der Waals surface area contributed by atoms with Crippen molar-refractivity contribution in [2.75, 3.05) is 11.4 Å². The summed E-state index contributed by atoms with van der Waals surface area (Å²) >= 11 is 0. The molecule has 2 rings (SSSR count). The van der Waals surface area contributed by atoms with Gasteiger partial charge in [-0.05, 0) is 18.6 Å². The molecule has 1 aromatic heterocycles. The van der Waals surface area contributed by atoms with Crippen LogP contribution in [0.5, 0.6) is 0 Å². The standard InChI is InChI=1S/C9H9F2N2/c1-7-2-4-12-6-8(7)13-5-3-9(13,10)11/h2,4H,3,5H2,1H3. The quantitative estimate of drug-likeness (QED) is 0.619. The first-order chi connectivity index (χ1) is 6.11. The minimum atomic E-state index is -2.70. The summed E-state index contributed by atoms with van der Waals surface area (Å²) in [5.41, 5.74) is 1.20. The van der Waals surface area contributed by atoms with Crippen LogP contribution in [0.2, 0.25) is 0 Å². The first-order valence-corrected chi connectivity index (χ1v) is 4.10. The average Bonchev–Trinajstić information content (AvgIpc) is 2.07. The normalized spacial score (nSPS) is 19.8. The lowest BCUT2D eigenvalue weighted by molar-refractivity contribution is -0.0549. The summed E-state index contributed by atoms with van der Waals surface area (Å²) in [5, 5.41) is 0. The van der Waals surface area contributed by atoms with Crippen molar-refractivity contribution in [2.24, 2.45) is 0 Å². The van der Waals surface area contributed by atoms with Crippen LogP contribution < -0.4 is 4.90 Å². The summed E-state index contributed by atoms with van der Waals surface area (Å²) in [4.78, 5) is 4.75. The molecule has 0 aromatic carbocycles. The summed E-state index contributed by atoms with van der Waals surface area (Å²) in [6.07, 6.45) is 4.07. The molecular formula is C9H9F2N2. The van der Waals surface area contributed by atoms with Gasteiger partial charge in [-0.25, -0.2) is 0 Å². The number of halogens is 2. The van der Waals surface area contributed by atoms with E-state index in [1.54, 1.807) is 19.2 Å². The Labute approximate surface area is 75.2 Å². The van der Waals surface area contributed by atoms with Crippen LogP contribution in [0.1, 0.15) is 12.0 Å². The number of hydrogen-bond acceptors (Lipinski definition) is 2. The molecule has 69 valence electrons. The molecule has 0 N–H and O–H groups in total. The van der Waals surface area contributed by atoms with E-state index in [0.717, 1.165) is 10.5 Å². The number of aromatic nitrogens is 1. The smallest absolute Gasteiger partial charge is 0.311 e. The molecule has 0 saturated carbocycles. The number of hydrogen-bond donors (Lipinski definition) is 0. The molecule has 0 atom stereocenters. The van der Waals surface area contributed by atoms with E-state index in [-0.39, 0.29) is 6.42 Å². The van der Waals surface area contributed by atoms with Crippen LogP contribution in [0.15, 0.2) is 12.3 Å². The van der Waals surface area contributed by atoms with Crippen molar-refractivity contribution in [1.29, 1.82) is 0 Å². The predicted octanol–water partition coefficient (Wildman–Crippen LogP) is 1.99. The highest BCUT2D eigenvalue weighted by molar-refractivity contribution is 5.53. The Bertz CT molecular complexity index is 325. The summed E-state index contributed by atoms with van der Waals surface area (Å²) in [6.45, 7) is 2.16. The Balaban J connectivity index is 2.32. The van der Waals surface area contributed by atoms with Gasteiger partial charge in [-0.15, -0.1) is 0 Å². The first-order valence-electron chi connectivity index (χ1n) is 4.10. The Morgan fingerprint density at radius 2 is 2.38 bits per heavy atom. The molecule has 2 heterocycles. The number of aryl methyl sites for hydroxylation is 1. The van der Waals surface area contributed by atoms with Gasteiger partial charge in [0.15, 0.2) is 0 Å². The maximum atomic E-state index is 12.9. The molecule has 0 aliphatic carbocycles. The number of alkyl halides is 2. The Morgan fingerprint density at radius 1 is 1.62 bits per heavy atom. The molecule has 1 radical (unpaired) electrons. The van der Waals surface area contributed by atoms with Crippen LogP contribution in [-0.4, -0.2) is 17.6 Å². The third-order valence-corrected chi connectivity index (χ3v) is 2.24. The topological polar surface area (TPSA) is 16.1 Å². The van der Waals surface area contributed by atoms with Crippen molar-refractivity contribution < 1.29 is 8.78 Å². The fraction of sp³-hybridized carbons (Fsp3) is 0.444. The van der Waals surface area contributed by atoms with Gasteiger partial charge in [-0.1, -0.05) is 0 Å². The van der Waals surface area contributed by atoms with Gasteiger partial charge < -0.3 is 4.90 Å². The molecule has 4 heteroatoms. The van der Waals surface area contributed by atoms with Gasteiger partial charge in [0, 0.05) is 19.2 Å². The number of rotatable bonds is 1. The number of anilines is 1. The van der Waals surface area contributed by atoms with E-state index in [4.69, 9.17) is 0 Å². The van der Waals surface area contributed by atoms with Gasteiger partial charge in [0.25, 0.3) is 0 Å². The zero-order valence-electron chi connectivity index (χ0n) is 7.22. The van der Waals surface area contributed by atoms with E-state index in [1.165, 1.54) is 0 Å².